The quantitative estimate of drug-likeness (QED) is 0.487. The molecule has 1 aromatic carbocycles. The molecule has 0 aromatic heterocycles. The molecule has 0 heterocycles. The Bertz CT molecular complexity index is 407. The fourth-order valence-electron chi connectivity index (χ4n) is 1.62. The highest BCUT2D eigenvalue weighted by atomic mass is 32.2. The van der Waals surface area contributed by atoms with E-state index in [1.54, 1.807) is 11.8 Å². The number of benzene rings is 1. The molecule has 3 nitrogen and oxygen atoms in total. The first-order valence-corrected chi connectivity index (χ1v) is 7.15. The van der Waals surface area contributed by atoms with Crippen LogP contribution in [0.2, 0.25) is 0 Å². The maximum absolute atomic E-state index is 11.9. The number of thioether (sulfide) groups is 1. The van der Waals surface area contributed by atoms with Crippen molar-refractivity contribution < 1.29 is 9.53 Å². The van der Waals surface area contributed by atoms with Gasteiger partial charge in [-0.3, -0.25) is 4.79 Å². The lowest BCUT2D eigenvalue weighted by Gasteiger charge is -2.16. The molecular formula is C14H21NO2S. The molecule has 0 amide bonds. The number of carbonyl (C=O) groups is 1. The number of nitrogen functional groups attached to an aromatic ring is 1. The van der Waals surface area contributed by atoms with Gasteiger partial charge in [0.15, 0.2) is 0 Å². The van der Waals surface area contributed by atoms with Gasteiger partial charge in [-0.1, -0.05) is 19.4 Å². The topological polar surface area (TPSA) is 52.3 Å². The van der Waals surface area contributed by atoms with Crippen LogP contribution < -0.4 is 5.73 Å². The third-order valence-electron chi connectivity index (χ3n) is 2.58. The SMILES string of the molecule is CCCC(Sc1cc(N)ccc1C)C(=O)OCC. The summed E-state index contributed by atoms with van der Waals surface area (Å²) in [5.41, 5.74) is 7.65. The zero-order chi connectivity index (χ0) is 13.5. The van der Waals surface area contributed by atoms with Crippen LogP contribution in [-0.4, -0.2) is 17.8 Å². The number of aryl methyl sites for hydroxylation is 1. The molecule has 18 heavy (non-hydrogen) atoms. The molecule has 0 aliphatic rings. The van der Waals surface area contributed by atoms with E-state index in [9.17, 15) is 4.79 Å². The van der Waals surface area contributed by atoms with E-state index in [-0.39, 0.29) is 11.2 Å². The molecule has 4 heteroatoms. The summed E-state index contributed by atoms with van der Waals surface area (Å²) in [7, 11) is 0. The van der Waals surface area contributed by atoms with Crippen molar-refractivity contribution in [2.45, 2.75) is 43.8 Å². The van der Waals surface area contributed by atoms with Gasteiger partial charge in [0.2, 0.25) is 0 Å². The highest BCUT2D eigenvalue weighted by Gasteiger charge is 2.20. The smallest absolute Gasteiger partial charge is 0.319 e. The molecule has 1 unspecified atom stereocenters. The fraction of sp³-hybridized carbons (Fsp3) is 0.500. The summed E-state index contributed by atoms with van der Waals surface area (Å²) in [5.74, 6) is -0.133. The number of hydrogen-bond donors (Lipinski definition) is 1. The summed E-state index contributed by atoms with van der Waals surface area (Å²) in [6, 6.07) is 5.77. The highest BCUT2D eigenvalue weighted by molar-refractivity contribution is 8.00. The minimum atomic E-state index is -0.143. The number of anilines is 1. The van der Waals surface area contributed by atoms with Crippen molar-refractivity contribution in [2.75, 3.05) is 12.3 Å². The van der Waals surface area contributed by atoms with Crippen LogP contribution in [0.5, 0.6) is 0 Å². The molecule has 2 N–H and O–H groups in total. The number of nitrogens with two attached hydrogens (primary N) is 1. The summed E-state index contributed by atoms with van der Waals surface area (Å²) in [6.45, 7) is 6.35. The van der Waals surface area contributed by atoms with Crippen molar-refractivity contribution in [3.05, 3.63) is 23.8 Å². The van der Waals surface area contributed by atoms with Gasteiger partial charge in [0, 0.05) is 10.6 Å². The van der Waals surface area contributed by atoms with Gasteiger partial charge >= 0.3 is 5.97 Å². The van der Waals surface area contributed by atoms with Crippen molar-refractivity contribution in [2.24, 2.45) is 0 Å². The van der Waals surface area contributed by atoms with E-state index in [0.29, 0.717) is 6.61 Å². The lowest BCUT2D eigenvalue weighted by molar-refractivity contribution is -0.142. The van der Waals surface area contributed by atoms with Crippen LogP contribution in [0, 0.1) is 6.92 Å². The fourth-order valence-corrected chi connectivity index (χ4v) is 2.90. The average molecular weight is 267 g/mol. The van der Waals surface area contributed by atoms with E-state index >= 15 is 0 Å². The number of esters is 1. The van der Waals surface area contributed by atoms with Crippen LogP contribution in [-0.2, 0) is 9.53 Å². The van der Waals surface area contributed by atoms with E-state index < -0.39 is 0 Å². The number of hydrogen-bond acceptors (Lipinski definition) is 4. The van der Waals surface area contributed by atoms with Crippen LogP contribution in [0.1, 0.15) is 32.3 Å². The lowest BCUT2D eigenvalue weighted by atomic mass is 10.2. The molecule has 1 rings (SSSR count). The van der Waals surface area contributed by atoms with Crippen LogP contribution in [0.25, 0.3) is 0 Å². The molecule has 0 saturated heterocycles. The van der Waals surface area contributed by atoms with Gasteiger partial charge in [-0.25, -0.2) is 0 Å². The Morgan fingerprint density at radius 1 is 1.44 bits per heavy atom. The molecule has 0 aliphatic carbocycles. The molecule has 0 spiro atoms. The molecule has 0 fully saturated rings. The zero-order valence-corrected chi connectivity index (χ0v) is 12.0. The molecule has 0 bridgehead atoms. The van der Waals surface area contributed by atoms with Gasteiger partial charge in [-0.2, -0.15) is 0 Å². The molecule has 1 atom stereocenters. The molecular weight excluding hydrogens is 246 g/mol. The summed E-state index contributed by atoms with van der Waals surface area (Å²) in [6.07, 6.45) is 1.77. The Labute approximate surface area is 113 Å². The predicted molar refractivity (Wildman–Crippen MR) is 76.8 cm³/mol. The lowest BCUT2D eigenvalue weighted by Crippen LogP contribution is -2.20. The minimum absolute atomic E-state index is 0.133. The van der Waals surface area contributed by atoms with Crippen LogP contribution >= 0.6 is 11.8 Å². The van der Waals surface area contributed by atoms with E-state index in [2.05, 4.69) is 6.92 Å². The molecule has 1 aromatic rings. The molecule has 0 radical (unpaired) electrons. The first-order valence-electron chi connectivity index (χ1n) is 6.27. The van der Waals surface area contributed by atoms with Crippen molar-refractivity contribution in [3.8, 4) is 0 Å². The summed E-state index contributed by atoms with van der Waals surface area (Å²) < 4.78 is 5.11. The first kappa shape index (κ1) is 14.9. The summed E-state index contributed by atoms with van der Waals surface area (Å²) >= 11 is 1.55. The Morgan fingerprint density at radius 2 is 2.17 bits per heavy atom. The number of rotatable bonds is 6. The van der Waals surface area contributed by atoms with Gasteiger partial charge in [0.05, 0.1) is 6.61 Å². The molecule has 0 aliphatic heterocycles. The standard InChI is InChI=1S/C14H21NO2S/c1-4-6-12(14(16)17-5-2)18-13-9-11(15)8-7-10(13)3/h7-9,12H,4-6,15H2,1-3H3. The summed E-state index contributed by atoms with van der Waals surface area (Å²) in [4.78, 5) is 12.9. The monoisotopic (exact) mass is 267 g/mol. The van der Waals surface area contributed by atoms with Gasteiger partial charge in [-0.05, 0) is 38.0 Å². The third-order valence-corrected chi connectivity index (χ3v) is 3.99. The Morgan fingerprint density at radius 3 is 2.78 bits per heavy atom. The predicted octanol–water partition coefficient (Wildman–Crippen LogP) is 3.40. The van der Waals surface area contributed by atoms with Crippen LogP contribution in [0.4, 0.5) is 5.69 Å². The average Bonchev–Trinajstić information content (AvgIpc) is 2.33. The third kappa shape index (κ3) is 4.26. The van der Waals surface area contributed by atoms with Crippen molar-refractivity contribution >= 4 is 23.4 Å². The first-order chi connectivity index (χ1) is 8.58. The van der Waals surface area contributed by atoms with Gasteiger partial charge in [0.25, 0.3) is 0 Å². The highest BCUT2D eigenvalue weighted by Crippen LogP contribution is 2.31. The second kappa shape index (κ2) is 7.31. The van der Waals surface area contributed by atoms with Crippen molar-refractivity contribution in [3.63, 3.8) is 0 Å². The Kier molecular flexibility index (Phi) is 6.05. The van der Waals surface area contributed by atoms with Crippen molar-refractivity contribution in [1.82, 2.24) is 0 Å². The summed E-state index contributed by atoms with van der Waals surface area (Å²) in [5, 5.41) is -0.143. The molecule has 100 valence electrons. The maximum atomic E-state index is 11.9. The minimum Gasteiger partial charge on any atom is -0.465 e. The number of ether oxygens (including phenoxy) is 1. The van der Waals surface area contributed by atoms with E-state index in [4.69, 9.17) is 10.5 Å². The van der Waals surface area contributed by atoms with Gasteiger partial charge in [0.1, 0.15) is 5.25 Å². The van der Waals surface area contributed by atoms with E-state index in [0.717, 1.165) is 29.0 Å². The maximum Gasteiger partial charge on any atom is 0.319 e. The van der Waals surface area contributed by atoms with Crippen LogP contribution in [0.15, 0.2) is 23.1 Å². The van der Waals surface area contributed by atoms with Gasteiger partial charge in [-0.15, -0.1) is 11.8 Å². The van der Waals surface area contributed by atoms with Crippen molar-refractivity contribution in [1.29, 1.82) is 0 Å². The second-order valence-electron chi connectivity index (χ2n) is 4.17. The molecule has 0 saturated carbocycles. The Balaban J connectivity index is 2.82. The van der Waals surface area contributed by atoms with E-state index in [1.165, 1.54) is 0 Å². The zero-order valence-electron chi connectivity index (χ0n) is 11.2. The second-order valence-corrected chi connectivity index (χ2v) is 5.42. The number of carbonyl (C=O) groups excluding carboxylic acids is 1. The van der Waals surface area contributed by atoms with E-state index in [1.807, 2.05) is 32.0 Å². The largest absolute Gasteiger partial charge is 0.465 e. The van der Waals surface area contributed by atoms with Gasteiger partial charge < -0.3 is 10.5 Å². The van der Waals surface area contributed by atoms with Crippen LogP contribution in [0.3, 0.4) is 0 Å². The Hall–Kier alpha value is -1.16. The normalized spacial score (nSPS) is 12.2.